The van der Waals surface area contributed by atoms with Gasteiger partial charge in [-0.2, -0.15) is 5.10 Å². The summed E-state index contributed by atoms with van der Waals surface area (Å²) in [7, 11) is 0. The Morgan fingerprint density at radius 1 is 0.967 bits per heavy atom. The van der Waals surface area contributed by atoms with E-state index in [1.165, 1.54) is 11.1 Å². The van der Waals surface area contributed by atoms with Gasteiger partial charge in [-0.15, -0.1) is 0 Å². The molecule has 2 aliphatic rings. The molecule has 2 atom stereocenters. The van der Waals surface area contributed by atoms with Crippen LogP contribution in [0.5, 0.6) is 0 Å². The standard InChI is InChI=1S/C26H23N3O/c30-26(22-14-8-16-27-18-22)29-25(20-11-5-2-6-12-20)23-15-7-13-21(24(23)28-29)17-19-9-3-1-4-10-19/h1-6,8-12,14,16-18,23,25H,7,13,15H2/b21-17+/t23-,25-/m0/s1. The Kier molecular flexibility index (Phi) is 4.98. The Labute approximate surface area is 176 Å². The lowest BCUT2D eigenvalue weighted by Gasteiger charge is -2.29. The van der Waals surface area contributed by atoms with Crippen LogP contribution >= 0.6 is 0 Å². The first kappa shape index (κ1) is 18.5. The van der Waals surface area contributed by atoms with Crippen LogP contribution in [0.2, 0.25) is 0 Å². The SMILES string of the molecule is O=C(c1cccnc1)N1N=C2/C(=C/c3ccccc3)CCC[C@@H]2[C@@H]1c1ccccc1. The number of hydrogen-bond donors (Lipinski definition) is 0. The number of carbonyl (C=O) groups excluding carboxylic acids is 1. The molecule has 1 fully saturated rings. The number of rotatable bonds is 3. The Morgan fingerprint density at radius 3 is 2.47 bits per heavy atom. The number of hydrazone groups is 1. The van der Waals surface area contributed by atoms with Crippen molar-refractivity contribution in [3.8, 4) is 0 Å². The van der Waals surface area contributed by atoms with E-state index in [0.29, 0.717) is 5.56 Å². The maximum absolute atomic E-state index is 13.4. The minimum Gasteiger partial charge on any atom is -0.267 e. The number of carbonyl (C=O) groups is 1. The van der Waals surface area contributed by atoms with Crippen molar-refractivity contribution in [2.75, 3.05) is 0 Å². The van der Waals surface area contributed by atoms with Gasteiger partial charge in [-0.3, -0.25) is 9.78 Å². The number of benzene rings is 2. The average Bonchev–Trinajstić information content (AvgIpc) is 3.21. The van der Waals surface area contributed by atoms with Crippen molar-refractivity contribution in [2.45, 2.75) is 25.3 Å². The maximum Gasteiger partial charge on any atom is 0.276 e. The molecule has 5 rings (SSSR count). The molecule has 0 radical (unpaired) electrons. The van der Waals surface area contributed by atoms with Crippen molar-refractivity contribution in [1.29, 1.82) is 0 Å². The predicted molar refractivity (Wildman–Crippen MR) is 119 cm³/mol. The summed E-state index contributed by atoms with van der Waals surface area (Å²) in [4.78, 5) is 17.5. The third-order valence-electron chi connectivity index (χ3n) is 5.90. The van der Waals surface area contributed by atoms with Gasteiger partial charge < -0.3 is 0 Å². The molecule has 148 valence electrons. The molecule has 1 aliphatic heterocycles. The molecule has 2 heterocycles. The minimum absolute atomic E-state index is 0.0895. The molecule has 1 saturated carbocycles. The summed E-state index contributed by atoms with van der Waals surface area (Å²) < 4.78 is 0. The molecule has 3 aromatic rings. The van der Waals surface area contributed by atoms with Gasteiger partial charge >= 0.3 is 0 Å². The molecule has 1 aromatic heterocycles. The summed E-state index contributed by atoms with van der Waals surface area (Å²) in [5.74, 6) is 0.106. The fraction of sp³-hybridized carbons (Fsp3) is 0.192. The molecule has 1 aliphatic carbocycles. The van der Waals surface area contributed by atoms with Crippen LogP contribution in [0.4, 0.5) is 0 Å². The number of allylic oxidation sites excluding steroid dienone is 1. The molecule has 4 heteroatoms. The fourth-order valence-corrected chi connectivity index (χ4v) is 4.52. The van der Waals surface area contributed by atoms with E-state index in [0.717, 1.165) is 30.5 Å². The van der Waals surface area contributed by atoms with E-state index >= 15 is 0 Å². The minimum atomic E-state index is -0.0992. The molecular formula is C26H23N3O. The van der Waals surface area contributed by atoms with Crippen molar-refractivity contribution in [1.82, 2.24) is 9.99 Å². The number of nitrogens with zero attached hydrogens (tertiary/aromatic N) is 3. The van der Waals surface area contributed by atoms with Crippen molar-refractivity contribution >= 4 is 17.7 Å². The second-order valence-electron chi connectivity index (χ2n) is 7.81. The van der Waals surface area contributed by atoms with Crippen molar-refractivity contribution in [3.63, 3.8) is 0 Å². The van der Waals surface area contributed by atoms with Crippen LogP contribution in [0.15, 0.2) is 95.9 Å². The van der Waals surface area contributed by atoms with Gasteiger partial charge in [0.25, 0.3) is 5.91 Å². The van der Waals surface area contributed by atoms with Crippen molar-refractivity contribution < 1.29 is 4.79 Å². The summed E-state index contributed by atoms with van der Waals surface area (Å²) >= 11 is 0. The summed E-state index contributed by atoms with van der Waals surface area (Å²) in [6, 6.07) is 24.1. The largest absolute Gasteiger partial charge is 0.276 e. The molecule has 0 unspecified atom stereocenters. The highest BCUT2D eigenvalue weighted by molar-refractivity contribution is 6.09. The lowest BCUT2D eigenvalue weighted by molar-refractivity contribution is 0.0680. The van der Waals surface area contributed by atoms with Gasteiger partial charge in [0.2, 0.25) is 0 Å². The molecule has 2 aromatic carbocycles. The normalized spacial score (nSPS) is 21.9. The molecule has 4 nitrogen and oxygen atoms in total. The lowest BCUT2D eigenvalue weighted by Crippen LogP contribution is -2.31. The van der Waals surface area contributed by atoms with Gasteiger partial charge in [-0.05, 0) is 54.2 Å². The third-order valence-corrected chi connectivity index (χ3v) is 5.90. The first-order chi connectivity index (χ1) is 14.8. The number of hydrogen-bond acceptors (Lipinski definition) is 3. The highest BCUT2D eigenvalue weighted by atomic mass is 16.2. The van der Waals surface area contributed by atoms with E-state index < -0.39 is 0 Å². The summed E-state index contributed by atoms with van der Waals surface area (Å²) in [5, 5.41) is 6.62. The molecular weight excluding hydrogens is 370 g/mol. The molecule has 0 saturated heterocycles. The Balaban J connectivity index is 1.58. The van der Waals surface area contributed by atoms with Crippen LogP contribution < -0.4 is 0 Å². The topological polar surface area (TPSA) is 45.6 Å². The van der Waals surface area contributed by atoms with E-state index in [4.69, 9.17) is 5.10 Å². The van der Waals surface area contributed by atoms with Crippen LogP contribution in [0.25, 0.3) is 6.08 Å². The molecule has 0 bridgehead atoms. The van der Waals surface area contributed by atoms with Gasteiger partial charge in [0, 0.05) is 18.3 Å². The second kappa shape index (κ2) is 8.07. The number of amides is 1. The van der Waals surface area contributed by atoms with Gasteiger partial charge in [0.15, 0.2) is 0 Å². The van der Waals surface area contributed by atoms with E-state index in [2.05, 4.69) is 35.3 Å². The van der Waals surface area contributed by atoms with Crippen LogP contribution in [0.3, 0.4) is 0 Å². The molecule has 1 amide bonds. The van der Waals surface area contributed by atoms with Gasteiger partial charge in [-0.1, -0.05) is 60.7 Å². The van der Waals surface area contributed by atoms with Gasteiger partial charge in [-0.25, -0.2) is 5.01 Å². The van der Waals surface area contributed by atoms with Crippen LogP contribution in [-0.4, -0.2) is 21.6 Å². The Bertz CT molecular complexity index is 1090. The molecule has 30 heavy (non-hydrogen) atoms. The van der Waals surface area contributed by atoms with Crippen LogP contribution in [-0.2, 0) is 0 Å². The van der Waals surface area contributed by atoms with Crippen LogP contribution in [0.1, 0.15) is 46.8 Å². The maximum atomic E-state index is 13.4. The first-order valence-electron chi connectivity index (χ1n) is 10.4. The number of pyridine rings is 1. The number of aromatic nitrogens is 1. The van der Waals surface area contributed by atoms with E-state index in [-0.39, 0.29) is 17.9 Å². The zero-order chi connectivity index (χ0) is 20.3. The van der Waals surface area contributed by atoms with Gasteiger partial charge in [0.1, 0.15) is 0 Å². The lowest BCUT2D eigenvalue weighted by atomic mass is 9.77. The summed E-state index contributed by atoms with van der Waals surface area (Å²) in [6.45, 7) is 0. The average molecular weight is 393 g/mol. The first-order valence-corrected chi connectivity index (χ1v) is 10.4. The van der Waals surface area contributed by atoms with Crippen molar-refractivity contribution in [3.05, 3.63) is 107 Å². The van der Waals surface area contributed by atoms with E-state index in [9.17, 15) is 4.79 Å². The third kappa shape index (κ3) is 3.45. The molecule has 0 N–H and O–H groups in total. The van der Waals surface area contributed by atoms with Gasteiger partial charge in [0.05, 0.1) is 17.3 Å². The Morgan fingerprint density at radius 2 is 1.73 bits per heavy atom. The Hall–Kier alpha value is -3.53. The monoisotopic (exact) mass is 393 g/mol. The highest BCUT2D eigenvalue weighted by Gasteiger charge is 2.43. The summed E-state index contributed by atoms with van der Waals surface area (Å²) in [5.41, 5.74) is 5.15. The second-order valence-corrected chi connectivity index (χ2v) is 7.81. The molecule has 0 spiro atoms. The smallest absolute Gasteiger partial charge is 0.267 e. The van der Waals surface area contributed by atoms with Crippen molar-refractivity contribution in [2.24, 2.45) is 11.0 Å². The zero-order valence-corrected chi connectivity index (χ0v) is 16.7. The summed E-state index contributed by atoms with van der Waals surface area (Å²) in [6.07, 6.45) is 8.64. The highest BCUT2D eigenvalue weighted by Crippen LogP contribution is 2.44. The van der Waals surface area contributed by atoms with E-state index in [1.807, 2.05) is 36.4 Å². The zero-order valence-electron chi connectivity index (χ0n) is 16.7. The van der Waals surface area contributed by atoms with Crippen LogP contribution in [0, 0.1) is 5.92 Å². The van der Waals surface area contributed by atoms with E-state index in [1.54, 1.807) is 29.5 Å². The number of fused-ring (bicyclic) bond motifs is 1. The quantitative estimate of drug-likeness (QED) is 0.588. The fourth-order valence-electron chi connectivity index (χ4n) is 4.52. The predicted octanol–water partition coefficient (Wildman–Crippen LogP) is 5.52.